The summed E-state index contributed by atoms with van der Waals surface area (Å²) >= 11 is 12.3. The summed E-state index contributed by atoms with van der Waals surface area (Å²) in [5, 5.41) is 1.37. The number of hydrogen-bond donors (Lipinski definition) is 1. The molecule has 0 aliphatic heterocycles. The number of methoxy groups -OCH3 is 1. The molecule has 21 heavy (non-hydrogen) atoms. The van der Waals surface area contributed by atoms with E-state index in [0.29, 0.717) is 16.5 Å². The lowest BCUT2D eigenvalue weighted by atomic mass is 9.99. The van der Waals surface area contributed by atoms with Crippen LogP contribution in [0.5, 0.6) is 5.75 Å². The van der Waals surface area contributed by atoms with Crippen LogP contribution in [0.15, 0.2) is 42.5 Å². The van der Waals surface area contributed by atoms with Gasteiger partial charge in [-0.05, 0) is 54.7 Å². The Morgan fingerprint density at radius 1 is 1.05 bits per heavy atom. The highest BCUT2D eigenvalue weighted by Crippen LogP contribution is 2.26. The minimum atomic E-state index is 0.0319. The third-order valence-corrected chi connectivity index (χ3v) is 4.20. The van der Waals surface area contributed by atoms with Crippen LogP contribution < -0.4 is 10.5 Å². The minimum Gasteiger partial charge on any atom is -0.497 e. The van der Waals surface area contributed by atoms with Gasteiger partial charge in [0.15, 0.2) is 0 Å². The smallest absolute Gasteiger partial charge is 0.118 e. The number of hydrogen-bond acceptors (Lipinski definition) is 2. The molecule has 0 aliphatic rings. The van der Waals surface area contributed by atoms with Crippen LogP contribution in [-0.4, -0.2) is 13.2 Å². The van der Waals surface area contributed by atoms with Crippen LogP contribution in [0.1, 0.15) is 17.5 Å². The number of rotatable bonds is 6. The molecule has 1 unspecified atom stereocenters. The molecule has 0 aliphatic carbocycles. The maximum Gasteiger partial charge on any atom is 0.118 e. The van der Waals surface area contributed by atoms with Crippen molar-refractivity contribution >= 4 is 23.2 Å². The normalized spacial score (nSPS) is 12.2. The Kier molecular flexibility index (Phi) is 5.92. The number of ether oxygens (including phenoxy) is 1. The van der Waals surface area contributed by atoms with Gasteiger partial charge in [-0.15, -0.1) is 0 Å². The van der Waals surface area contributed by atoms with Crippen LogP contribution in [0.4, 0.5) is 0 Å². The Morgan fingerprint density at radius 2 is 1.67 bits per heavy atom. The number of nitrogens with two attached hydrogens (primary N) is 1. The average molecular weight is 324 g/mol. The van der Waals surface area contributed by atoms with E-state index in [2.05, 4.69) is 12.1 Å². The van der Waals surface area contributed by atoms with E-state index in [-0.39, 0.29) is 6.04 Å². The van der Waals surface area contributed by atoms with Gasteiger partial charge in [0.25, 0.3) is 0 Å². The standard InChI is InChI=1S/C17H19Cl2NO/c1-21-14-9-6-12(7-10-14)5-8-13(20)11-15-16(18)3-2-4-17(15)19/h2-4,6-7,9-10,13H,5,8,11,20H2,1H3. The van der Waals surface area contributed by atoms with E-state index in [1.54, 1.807) is 7.11 Å². The van der Waals surface area contributed by atoms with Crippen molar-refractivity contribution in [1.82, 2.24) is 0 Å². The van der Waals surface area contributed by atoms with Gasteiger partial charge in [0.1, 0.15) is 5.75 Å². The Hall–Kier alpha value is -1.22. The van der Waals surface area contributed by atoms with Gasteiger partial charge in [-0.3, -0.25) is 0 Å². The Bertz CT molecular complexity index is 564. The molecule has 2 nitrogen and oxygen atoms in total. The molecule has 2 aromatic rings. The molecule has 0 amide bonds. The van der Waals surface area contributed by atoms with Gasteiger partial charge in [-0.2, -0.15) is 0 Å². The van der Waals surface area contributed by atoms with Gasteiger partial charge >= 0.3 is 0 Å². The van der Waals surface area contributed by atoms with Gasteiger partial charge in [-0.1, -0.05) is 41.4 Å². The van der Waals surface area contributed by atoms with E-state index in [1.165, 1.54) is 5.56 Å². The van der Waals surface area contributed by atoms with Crippen molar-refractivity contribution < 1.29 is 4.74 Å². The van der Waals surface area contributed by atoms with Crippen molar-refractivity contribution in [2.45, 2.75) is 25.3 Å². The fraction of sp³-hybridized carbons (Fsp3) is 0.294. The van der Waals surface area contributed by atoms with Crippen LogP contribution in [0.25, 0.3) is 0 Å². The first kappa shape index (κ1) is 16.2. The highest BCUT2D eigenvalue weighted by Gasteiger charge is 2.11. The topological polar surface area (TPSA) is 35.2 Å². The van der Waals surface area contributed by atoms with Crippen LogP contribution in [0.3, 0.4) is 0 Å². The number of aryl methyl sites for hydroxylation is 1. The summed E-state index contributed by atoms with van der Waals surface area (Å²) in [7, 11) is 1.66. The van der Waals surface area contributed by atoms with Crippen LogP contribution in [0.2, 0.25) is 10.0 Å². The predicted molar refractivity (Wildman–Crippen MR) is 89.5 cm³/mol. The first-order chi connectivity index (χ1) is 10.1. The molecular formula is C17H19Cl2NO. The van der Waals surface area contributed by atoms with Gasteiger partial charge < -0.3 is 10.5 Å². The average Bonchev–Trinajstić information content (AvgIpc) is 2.49. The molecular weight excluding hydrogens is 305 g/mol. The summed E-state index contributed by atoms with van der Waals surface area (Å²) < 4.78 is 5.15. The second-order valence-electron chi connectivity index (χ2n) is 5.05. The van der Waals surface area contributed by atoms with E-state index in [4.69, 9.17) is 33.7 Å². The van der Waals surface area contributed by atoms with Gasteiger partial charge in [0.2, 0.25) is 0 Å². The molecule has 4 heteroatoms. The second-order valence-corrected chi connectivity index (χ2v) is 5.87. The molecule has 0 bridgehead atoms. The van der Waals surface area contributed by atoms with Gasteiger partial charge in [-0.25, -0.2) is 0 Å². The van der Waals surface area contributed by atoms with Crippen LogP contribution >= 0.6 is 23.2 Å². The molecule has 1 atom stereocenters. The van der Waals surface area contributed by atoms with Crippen molar-refractivity contribution in [3.63, 3.8) is 0 Å². The Balaban J connectivity index is 1.91. The zero-order valence-electron chi connectivity index (χ0n) is 12.0. The van der Waals surface area contributed by atoms with Crippen molar-refractivity contribution in [1.29, 1.82) is 0 Å². The largest absolute Gasteiger partial charge is 0.497 e. The van der Waals surface area contributed by atoms with Crippen molar-refractivity contribution in [2.75, 3.05) is 7.11 Å². The monoisotopic (exact) mass is 323 g/mol. The van der Waals surface area contributed by atoms with E-state index in [1.807, 2.05) is 30.3 Å². The Labute approximate surface area is 135 Å². The molecule has 0 saturated carbocycles. The molecule has 0 radical (unpaired) electrons. The molecule has 0 saturated heterocycles. The second kappa shape index (κ2) is 7.69. The van der Waals surface area contributed by atoms with Gasteiger partial charge in [0.05, 0.1) is 7.11 Å². The number of halogens is 2. The van der Waals surface area contributed by atoms with Crippen molar-refractivity contribution in [3.8, 4) is 5.75 Å². The molecule has 0 spiro atoms. The lowest BCUT2D eigenvalue weighted by Crippen LogP contribution is -2.23. The van der Waals surface area contributed by atoms with Crippen LogP contribution in [0, 0.1) is 0 Å². The Morgan fingerprint density at radius 3 is 2.24 bits per heavy atom. The van der Waals surface area contributed by atoms with Gasteiger partial charge in [0, 0.05) is 16.1 Å². The summed E-state index contributed by atoms with van der Waals surface area (Å²) in [5.41, 5.74) is 8.39. The van der Waals surface area contributed by atoms with E-state index < -0.39 is 0 Å². The molecule has 0 fully saturated rings. The maximum atomic E-state index is 6.21. The first-order valence-corrected chi connectivity index (χ1v) is 7.67. The first-order valence-electron chi connectivity index (χ1n) is 6.91. The molecule has 112 valence electrons. The molecule has 2 rings (SSSR count). The fourth-order valence-electron chi connectivity index (χ4n) is 2.24. The van der Waals surface area contributed by atoms with E-state index in [0.717, 1.165) is 24.2 Å². The van der Waals surface area contributed by atoms with E-state index in [9.17, 15) is 0 Å². The summed E-state index contributed by atoms with van der Waals surface area (Å²) in [6, 6.07) is 13.6. The summed E-state index contributed by atoms with van der Waals surface area (Å²) in [5.74, 6) is 0.867. The zero-order valence-corrected chi connectivity index (χ0v) is 13.5. The highest BCUT2D eigenvalue weighted by atomic mass is 35.5. The van der Waals surface area contributed by atoms with E-state index >= 15 is 0 Å². The highest BCUT2D eigenvalue weighted by molar-refractivity contribution is 6.36. The summed E-state index contributed by atoms with van der Waals surface area (Å²) in [6.45, 7) is 0. The van der Waals surface area contributed by atoms with Crippen LogP contribution in [-0.2, 0) is 12.8 Å². The zero-order chi connectivity index (χ0) is 15.2. The third-order valence-electron chi connectivity index (χ3n) is 3.49. The maximum absolute atomic E-state index is 6.21. The molecule has 2 N–H and O–H groups in total. The third kappa shape index (κ3) is 4.63. The predicted octanol–water partition coefficient (Wildman–Crippen LogP) is 4.50. The lowest BCUT2D eigenvalue weighted by molar-refractivity contribution is 0.414. The quantitative estimate of drug-likeness (QED) is 0.849. The molecule has 0 aromatic heterocycles. The number of benzene rings is 2. The molecule has 0 heterocycles. The SMILES string of the molecule is COc1ccc(CCC(N)Cc2c(Cl)cccc2Cl)cc1. The molecule has 2 aromatic carbocycles. The summed E-state index contributed by atoms with van der Waals surface area (Å²) in [4.78, 5) is 0. The van der Waals surface area contributed by atoms with Crippen molar-refractivity contribution in [2.24, 2.45) is 5.73 Å². The van der Waals surface area contributed by atoms with Crippen molar-refractivity contribution in [3.05, 3.63) is 63.6 Å². The minimum absolute atomic E-state index is 0.0319. The summed E-state index contributed by atoms with van der Waals surface area (Å²) in [6.07, 6.45) is 2.50. The fourth-order valence-corrected chi connectivity index (χ4v) is 2.79. The lowest BCUT2D eigenvalue weighted by Gasteiger charge is -2.14.